The highest BCUT2D eigenvalue weighted by Crippen LogP contribution is 2.20. The molecule has 3 rings (SSSR count). The summed E-state index contributed by atoms with van der Waals surface area (Å²) in [6.45, 7) is 2.67. The molecule has 0 aliphatic heterocycles. The van der Waals surface area contributed by atoms with Crippen LogP contribution in [0.25, 0.3) is 10.9 Å². The van der Waals surface area contributed by atoms with Crippen molar-refractivity contribution in [3.63, 3.8) is 0 Å². The first kappa shape index (κ1) is 16.0. The molecule has 4 nitrogen and oxygen atoms in total. The average Bonchev–Trinajstić information content (AvgIpc) is 3.12. The maximum absolute atomic E-state index is 12.2. The summed E-state index contributed by atoms with van der Waals surface area (Å²) in [7, 11) is 0. The minimum Gasteiger partial charge on any atom is -0.351 e. The molecule has 0 saturated heterocycles. The quantitative estimate of drug-likeness (QED) is 0.652. The lowest BCUT2D eigenvalue weighted by molar-refractivity contribution is 0.0949. The highest BCUT2D eigenvalue weighted by atomic mass is 35.5. The number of amides is 1. The lowest BCUT2D eigenvalue weighted by atomic mass is 10.2. The summed E-state index contributed by atoms with van der Waals surface area (Å²) >= 11 is 7.66. The van der Waals surface area contributed by atoms with Crippen LogP contribution >= 0.6 is 22.9 Å². The number of H-pyrrole nitrogens is 1. The summed E-state index contributed by atoms with van der Waals surface area (Å²) in [5.41, 5.74) is 2.56. The Morgan fingerprint density at radius 3 is 3.00 bits per heavy atom. The lowest BCUT2D eigenvalue weighted by Crippen LogP contribution is -2.24. The predicted molar refractivity (Wildman–Crippen MR) is 95.4 cm³/mol. The number of unbranched alkanes of at least 4 members (excludes halogenated alkanes) is 1. The molecule has 0 unspecified atom stereocenters. The second kappa shape index (κ2) is 7.15. The summed E-state index contributed by atoms with van der Waals surface area (Å²) in [6.07, 6.45) is 2.94. The third-order valence-electron chi connectivity index (χ3n) is 3.60. The fourth-order valence-electron chi connectivity index (χ4n) is 2.44. The third-order valence-corrected chi connectivity index (χ3v) is 4.86. The molecule has 0 radical (unpaired) electrons. The molecule has 1 aromatic carbocycles. The Morgan fingerprint density at radius 2 is 2.22 bits per heavy atom. The van der Waals surface area contributed by atoms with Crippen LogP contribution in [0.4, 0.5) is 0 Å². The van der Waals surface area contributed by atoms with Crippen LogP contribution in [0.5, 0.6) is 0 Å². The molecule has 2 N–H and O–H groups in total. The molecule has 1 amide bonds. The van der Waals surface area contributed by atoms with E-state index in [2.05, 4.69) is 20.7 Å². The van der Waals surface area contributed by atoms with Gasteiger partial charge in [-0.05, 0) is 50.5 Å². The van der Waals surface area contributed by atoms with Crippen LogP contribution in [0.2, 0.25) is 5.02 Å². The van der Waals surface area contributed by atoms with Crippen LogP contribution in [-0.2, 0) is 6.42 Å². The van der Waals surface area contributed by atoms with Crippen molar-refractivity contribution >= 4 is 39.7 Å². The molecule has 6 heteroatoms. The van der Waals surface area contributed by atoms with Crippen molar-refractivity contribution in [1.82, 2.24) is 15.3 Å². The molecule has 2 aromatic heterocycles. The molecule has 0 bridgehead atoms. The van der Waals surface area contributed by atoms with Crippen molar-refractivity contribution < 1.29 is 4.79 Å². The molecule has 23 heavy (non-hydrogen) atoms. The number of aromatic amines is 1. The molecule has 0 saturated carbocycles. The zero-order valence-corrected chi connectivity index (χ0v) is 14.4. The van der Waals surface area contributed by atoms with E-state index in [0.29, 0.717) is 17.3 Å². The Hall–Kier alpha value is -1.85. The van der Waals surface area contributed by atoms with Crippen molar-refractivity contribution in [2.45, 2.75) is 26.2 Å². The monoisotopic (exact) mass is 347 g/mol. The molecule has 0 aliphatic carbocycles. The molecule has 0 aliphatic rings. The molecule has 120 valence electrons. The topological polar surface area (TPSA) is 57.8 Å². The molecule has 0 spiro atoms. The summed E-state index contributed by atoms with van der Waals surface area (Å²) in [5.74, 6) is -0.0811. The number of aryl methyl sites for hydroxylation is 2. The number of thiazole rings is 1. The molecular weight excluding hydrogens is 330 g/mol. The van der Waals surface area contributed by atoms with E-state index >= 15 is 0 Å². The number of hydrogen-bond acceptors (Lipinski definition) is 3. The summed E-state index contributed by atoms with van der Waals surface area (Å²) in [6, 6.07) is 7.36. The maximum Gasteiger partial charge on any atom is 0.267 e. The molecule has 3 aromatic rings. The zero-order chi connectivity index (χ0) is 16.2. The van der Waals surface area contributed by atoms with Crippen LogP contribution in [-0.4, -0.2) is 22.4 Å². The fraction of sp³-hybridized carbons (Fsp3) is 0.294. The Bertz CT molecular complexity index is 824. The standard InChI is InChI=1S/C17H18ClN3OS/c1-11-10-23-16(20-11)4-2-3-7-19-17(22)15-9-12-8-13(18)5-6-14(12)21-15/h5-6,8-10,21H,2-4,7H2,1H3,(H,19,22). The first-order valence-corrected chi connectivity index (χ1v) is 8.85. The van der Waals surface area contributed by atoms with E-state index in [0.717, 1.165) is 35.9 Å². The van der Waals surface area contributed by atoms with Crippen LogP contribution in [0.1, 0.15) is 34.0 Å². The second-order valence-electron chi connectivity index (χ2n) is 5.51. The van der Waals surface area contributed by atoms with Crippen molar-refractivity contribution in [3.8, 4) is 0 Å². The van der Waals surface area contributed by atoms with Gasteiger partial charge in [-0.3, -0.25) is 4.79 Å². The number of nitrogens with one attached hydrogen (secondary N) is 2. The van der Waals surface area contributed by atoms with E-state index in [4.69, 9.17) is 11.6 Å². The van der Waals surface area contributed by atoms with Gasteiger partial charge in [-0.1, -0.05) is 11.6 Å². The van der Waals surface area contributed by atoms with Crippen molar-refractivity contribution in [1.29, 1.82) is 0 Å². The fourth-order valence-corrected chi connectivity index (χ4v) is 3.44. The largest absolute Gasteiger partial charge is 0.351 e. The summed E-state index contributed by atoms with van der Waals surface area (Å²) in [4.78, 5) is 19.7. The number of benzene rings is 1. The van der Waals surface area contributed by atoms with Gasteiger partial charge in [0.1, 0.15) is 5.69 Å². The molecule has 0 fully saturated rings. The highest BCUT2D eigenvalue weighted by molar-refractivity contribution is 7.09. The van der Waals surface area contributed by atoms with Gasteiger partial charge in [-0.15, -0.1) is 11.3 Å². The van der Waals surface area contributed by atoms with E-state index in [1.54, 1.807) is 11.3 Å². The van der Waals surface area contributed by atoms with Crippen LogP contribution < -0.4 is 5.32 Å². The number of nitrogens with zero attached hydrogens (tertiary/aromatic N) is 1. The van der Waals surface area contributed by atoms with E-state index < -0.39 is 0 Å². The number of rotatable bonds is 6. The minimum absolute atomic E-state index is 0.0811. The van der Waals surface area contributed by atoms with Gasteiger partial charge in [0.25, 0.3) is 5.91 Å². The Morgan fingerprint density at radius 1 is 1.35 bits per heavy atom. The number of carbonyl (C=O) groups is 1. The number of carbonyl (C=O) groups excluding carboxylic acids is 1. The van der Waals surface area contributed by atoms with Crippen LogP contribution in [0.15, 0.2) is 29.6 Å². The minimum atomic E-state index is -0.0811. The molecular formula is C17H18ClN3OS. The van der Waals surface area contributed by atoms with E-state index in [9.17, 15) is 4.79 Å². The number of fused-ring (bicyclic) bond motifs is 1. The first-order valence-electron chi connectivity index (χ1n) is 7.59. The molecule has 0 atom stereocenters. The number of halogens is 1. The van der Waals surface area contributed by atoms with Crippen molar-refractivity contribution in [2.75, 3.05) is 6.54 Å². The Kier molecular flexibility index (Phi) is 4.98. The Balaban J connectivity index is 1.46. The smallest absolute Gasteiger partial charge is 0.267 e. The maximum atomic E-state index is 12.2. The SMILES string of the molecule is Cc1csc(CCCCNC(=O)c2cc3cc(Cl)ccc3[nH]2)n1. The summed E-state index contributed by atoms with van der Waals surface area (Å²) < 4.78 is 0. The van der Waals surface area contributed by atoms with Gasteiger partial charge in [0.05, 0.1) is 5.01 Å². The van der Waals surface area contributed by atoms with Gasteiger partial charge in [-0.25, -0.2) is 4.98 Å². The third kappa shape index (κ3) is 4.12. The van der Waals surface area contributed by atoms with Gasteiger partial charge in [-0.2, -0.15) is 0 Å². The first-order chi connectivity index (χ1) is 11.1. The highest BCUT2D eigenvalue weighted by Gasteiger charge is 2.09. The van der Waals surface area contributed by atoms with Gasteiger partial charge in [0.15, 0.2) is 0 Å². The van der Waals surface area contributed by atoms with Crippen molar-refractivity contribution in [3.05, 3.63) is 51.1 Å². The van der Waals surface area contributed by atoms with Gasteiger partial charge in [0.2, 0.25) is 0 Å². The number of hydrogen-bond donors (Lipinski definition) is 2. The number of aromatic nitrogens is 2. The van der Waals surface area contributed by atoms with Gasteiger partial charge < -0.3 is 10.3 Å². The predicted octanol–water partition coefficient (Wildman–Crippen LogP) is 4.34. The van der Waals surface area contributed by atoms with E-state index in [-0.39, 0.29) is 5.91 Å². The second-order valence-corrected chi connectivity index (χ2v) is 6.89. The normalized spacial score (nSPS) is 11.0. The summed E-state index contributed by atoms with van der Waals surface area (Å²) in [5, 5.41) is 7.80. The van der Waals surface area contributed by atoms with Crippen LogP contribution in [0, 0.1) is 6.92 Å². The van der Waals surface area contributed by atoms with Gasteiger partial charge in [0, 0.05) is 33.5 Å². The average molecular weight is 348 g/mol. The zero-order valence-electron chi connectivity index (χ0n) is 12.9. The lowest BCUT2D eigenvalue weighted by Gasteiger charge is -2.03. The van der Waals surface area contributed by atoms with Crippen LogP contribution in [0.3, 0.4) is 0 Å². The molecule has 2 heterocycles. The van der Waals surface area contributed by atoms with E-state index in [1.807, 2.05) is 31.2 Å². The van der Waals surface area contributed by atoms with Crippen molar-refractivity contribution in [2.24, 2.45) is 0 Å². The Labute approximate surface area is 143 Å². The van der Waals surface area contributed by atoms with E-state index in [1.165, 1.54) is 5.01 Å². The van der Waals surface area contributed by atoms with Gasteiger partial charge >= 0.3 is 0 Å².